The molecule has 1 rings (SSSR count). The third-order valence-electron chi connectivity index (χ3n) is 2.21. The maximum Gasteiger partial charge on any atom is 0.191 e. The predicted molar refractivity (Wildman–Crippen MR) is 65.5 cm³/mol. The van der Waals surface area contributed by atoms with Crippen molar-refractivity contribution < 1.29 is 23.3 Å². The van der Waals surface area contributed by atoms with Crippen LogP contribution in [0.15, 0.2) is 18.2 Å². The summed E-state index contributed by atoms with van der Waals surface area (Å²) in [5.41, 5.74) is 0. The van der Waals surface area contributed by atoms with Crippen molar-refractivity contribution in [1.29, 1.82) is 0 Å². The van der Waals surface area contributed by atoms with Crippen molar-refractivity contribution in [2.24, 2.45) is 0 Å². The highest BCUT2D eigenvalue weighted by molar-refractivity contribution is 5.39. The van der Waals surface area contributed by atoms with Crippen molar-refractivity contribution in [3.8, 4) is 11.5 Å². The lowest BCUT2D eigenvalue weighted by Gasteiger charge is -2.18. The number of halogens is 1. The monoisotopic (exact) mass is 258 g/mol. The molecule has 18 heavy (non-hydrogen) atoms. The molecule has 1 aromatic carbocycles. The van der Waals surface area contributed by atoms with Crippen LogP contribution in [0.25, 0.3) is 0 Å². The molecule has 0 bridgehead atoms. The Labute approximate surface area is 107 Å². The van der Waals surface area contributed by atoms with E-state index in [1.807, 2.05) is 13.8 Å². The Hall–Kier alpha value is -1.33. The van der Waals surface area contributed by atoms with Gasteiger partial charge in [-0.3, -0.25) is 0 Å². The van der Waals surface area contributed by atoms with E-state index in [0.29, 0.717) is 24.7 Å². The van der Waals surface area contributed by atoms with Gasteiger partial charge in [-0.1, -0.05) is 0 Å². The van der Waals surface area contributed by atoms with Crippen LogP contribution in [0.4, 0.5) is 4.39 Å². The van der Waals surface area contributed by atoms with Crippen molar-refractivity contribution in [3.63, 3.8) is 0 Å². The Bertz CT molecular complexity index is 351. The minimum Gasteiger partial charge on any atom is -0.493 e. The molecule has 0 amide bonds. The van der Waals surface area contributed by atoms with Gasteiger partial charge in [0, 0.05) is 19.3 Å². The average Bonchev–Trinajstić information content (AvgIpc) is 2.36. The van der Waals surface area contributed by atoms with Gasteiger partial charge in [0.2, 0.25) is 0 Å². The van der Waals surface area contributed by atoms with Gasteiger partial charge < -0.3 is 18.9 Å². The molecular formula is C13H19FO4. The second-order valence-corrected chi connectivity index (χ2v) is 3.45. The molecule has 0 radical (unpaired) electrons. The number of hydrogen-bond donors (Lipinski definition) is 0. The molecule has 0 saturated heterocycles. The Morgan fingerprint density at radius 2 is 1.78 bits per heavy atom. The van der Waals surface area contributed by atoms with E-state index in [0.717, 1.165) is 0 Å². The van der Waals surface area contributed by atoms with Crippen LogP contribution < -0.4 is 9.47 Å². The van der Waals surface area contributed by atoms with E-state index in [2.05, 4.69) is 0 Å². The highest BCUT2D eigenvalue weighted by Gasteiger charge is 2.12. The molecule has 0 aliphatic heterocycles. The molecule has 0 spiro atoms. The van der Waals surface area contributed by atoms with E-state index in [9.17, 15) is 4.39 Å². The predicted octanol–water partition coefficient (Wildman–Crippen LogP) is 2.61. The summed E-state index contributed by atoms with van der Waals surface area (Å²) in [6.45, 7) is 4.97. The van der Waals surface area contributed by atoms with Crippen LogP contribution in [-0.2, 0) is 9.47 Å². The average molecular weight is 258 g/mol. The van der Waals surface area contributed by atoms with Gasteiger partial charge in [-0.2, -0.15) is 0 Å². The lowest BCUT2D eigenvalue weighted by atomic mass is 10.3. The number of hydrogen-bond acceptors (Lipinski definition) is 4. The largest absolute Gasteiger partial charge is 0.493 e. The Morgan fingerprint density at radius 1 is 1.11 bits per heavy atom. The first kappa shape index (κ1) is 14.7. The van der Waals surface area contributed by atoms with Crippen molar-refractivity contribution in [1.82, 2.24) is 0 Å². The first-order chi connectivity index (χ1) is 8.71. The van der Waals surface area contributed by atoms with E-state index in [4.69, 9.17) is 18.9 Å². The summed E-state index contributed by atoms with van der Waals surface area (Å²) in [4.78, 5) is 0. The van der Waals surface area contributed by atoms with Crippen molar-refractivity contribution in [2.75, 3.05) is 26.9 Å². The van der Waals surface area contributed by atoms with Gasteiger partial charge in [-0.25, -0.2) is 4.39 Å². The van der Waals surface area contributed by atoms with Crippen LogP contribution in [-0.4, -0.2) is 33.2 Å². The van der Waals surface area contributed by atoms with Crippen LogP contribution in [0, 0.1) is 5.82 Å². The fourth-order valence-electron chi connectivity index (χ4n) is 1.44. The number of rotatable bonds is 8. The van der Waals surface area contributed by atoms with E-state index in [1.165, 1.54) is 25.3 Å². The molecular weight excluding hydrogens is 239 g/mol. The van der Waals surface area contributed by atoms with Crippen molar-refractivity contribution in [2.45, 2.75) is 20.1 Å². The third-order valence-corrected chi connectivity index (χ3v) is 2.21. The van der Waals surface area contributed by atoms with Crippen molar-refractivity contribution in [3.05, 3.63) is 24.0 Å². The maximum atomic E-state index is 13.1. The van der Waals surface area contributed by atoms with Gasteiger partial charge in [-0.15, -0.1) is 0 Å². The van der Waals surface area contributed by atoms with Gasteiger partial charge in [0.15, 0.2) is 17.8 Å². The Kier molecular flexibility index (Phi) is 6.46. The summed E-state index contributed by atoms with van der Waals surface area (Å²) < 4.78 is 34.3. The first-order valence-corrected chi connectivity index (χ1v) is 5.90. The van der Waals surface area contributed by atoms with Crippen LogP contribution in [0.2, 0.25) is 0 Å². The second kappa shape index (κ2) is 7.89. The van der Waals surface area contributed by atoms with Gasteiger partial charge in [-0.05, 0) is 26.0 Å². The standard InChI is InChI=1S/C13H19FO4/c1-4-16-13(17-5-2)9-18-12-8-10(14)6-7-11(12)15-3/h6-8,13H,4-5,9H2,1-3H3. The molecule has 0 aromatic heterocycles. The van der Waals surface area contributed by atoms with E-state index >= 15 is 0 Å². The summed E-state index contributed by atoms with van der Waals surface area (Å²) in [7, 11) is 1.50. The Balaban J connectivity index is 2.62. The number of benzene rings is 1. The van der Waals surface area contributed by atoms with Gasteiger partial charge >= 0.3 is 0 Å². The minimum atomic E-state index is -0.465. The van der Waals surface area contributed by atoms with Gasteiger partial charge in [0.1, 0.15) is 12.4 Å². The topological polar surface area (TPSA) is 36.9 Å². The molecule has 0 aliphatic carbocycles. The highest BCUT2D eigenvalue weighted by Crippen LogP contribution is 2.27. The summed E-state index contributed by atoms with van der Waals surface area (Å²) >= 11 is 0. The van der Waals surface area contributed by atoms with Gasteiger partial charge in [0.05, 0.1) is 7.11 Å². The summed E-state index contributed by atoms with van der Waals surface area (Å²) in [5, 5.41) is 0. The van der Waals surface area contributed by atoms with E-state index in [-0.39, 0.29) is 12.4 Å². The molecule has 0 aliphatic rings. The maximum absolute atomic E-state index is 13.1. The first-order valence-electron chi connectivity index (χ1n) is 5.90. The molecule has 4 nitrogen and oxygen atoms in total. The molecule has 0 unspecified atom stereocenters. The molecule has 5 heteroatoms. The minimum absolute atomic E-state index is 0.182. The van der Waals surface area contributed by atoms with Crippen LogP contribution in [0.5, 0.6) is 11.5 Å². The molecule has 0 N–H and O–H groups in total. The smallest absolute Gasteiger partial charge is 0.191 e. The van der Waals surface area contributed by atoms with Crippen LogP contribution in [0.1, 0.15) is 13.8 Å². The lowest BCUT2D eigenvalue weighted by Crippen LogP contribution is -2.25. The summed E-state index contributed by atoms with van der Waals surface area (Å²) in [6, 6.07) is 4.10. The molecule has 0 fully saturated rings. The lowest BCUT2D eigenvalue weighted by molar-refractivity contribution is -0.152. The zero-order valence-electron chi connectivity index (χ0n) is 10.9. The van der Waals surface area contributed by atoms with Gasteiger partial charge in [0.25, 0.3) is 0 Å². The highest BCUT2D eigenvalue weighted by atomic mass is 19.1. The van der Waals surface area contributed by atoms with E-state index < -0.39 is 6.29 Å². The fourth-order valence-corrected chi connectivity index (χ4v) is 1.44. The third kappa shape index (κ3) is 4.50. The molecule has 0 saturated carbocycles. The fraction of sp³-hybridized carbons (Fsp3) is 0.538. The molecule has 0 atom stereocenters. The van der Waals surface area contributed by atoms with Crippen LogP contribution >= 0.6 is 0 Å². The molecule has 102 valence electrons. The van der Waals surface area contributed by atoms with Crippen LogP contribution in [0.3, 0.4) is 0 Å². The van der Waals surface area contributed by atoms with Crippen molar-refractivity contribution >= 4 is 0 Å². The molecule has 0 heterocycles. The number of ether oxygens (including phenoxy) is 4. The number of methoxy groups -OCH3 is 1. The summed E-state index contributed by atoms with van der Waals surface area (Å²) in [5.74, 6) is 0.431. The SMILES string of the molecule is CCOC(COc1cc(F)ccc1OC)OCC. The Morgan fingerprint density at radius 3 is 2.33 bits per heavy atom. The quantitative estimate of drug-likeness (QED) is 0.672. The zero-order chi connectivity index (χ0) is 13.4. The second-order valence-electron chi connectivity index (χ2n) is 3.45. The normalized spacial score (nSPS) is 10.7. The zero-order valence-corrected chi connectivity index (χ0v) is 10.9. The van der Waals surface area contributed by atoms with E-state index in [1.54, 1.807) is 0 Å². The summed E-state index contributed by atoms with van der Waals surface area (Å²) in [6.07, 6.45) is -0.465. The molecule has 1 aromatic rings.